The summed E-state index contributed by atoms with van der Waals surface area (Å²) in [5.41, 5.74) is -0.227. The van der Waals surface area contributed by atoms with Crippen molar-refractivity contribution >= 4 is 11.9 Å². The quantitative estimate of drug-likeness (QED) is 0.745. The molecule has 1 fully saturated rings. The Bertz CT molecular complexity index is 252. The summed E-state index contributed by atoms with van der Waals surface area (Å²) in [6.45, 7) is 3.14. The summed E-state index contributed by atoms with van der Waals surface area (Å²) < 4.78 is 5.23. The van der Waals surface area contributed by atoms with Crippen LogP contribution in [0.25, 0.3) is 0 Å². The van der Waals surface area contributed by atoms with Gasteiger partial charge in [0.2, 0.25) is 0 Å². The maximum absolute atomic E-state index is 10.8. The van der Waals surface area contributed by atoms with Crippen LogP contribution < -0.4 is 0 Å². The Morgan fingerprint density at radius 3 is 2.00 bits per heavy atom. The largest absolute Gasteiger partial charge is 0.481 e. The van der Waals surface area contributed by atoms with Crippen molar-refractivity contribution in [3.05, 3.63) is 0 Å². The molecule has 1 heterocycles. The van der Waals surface area contributed by atoms with E-state index in [-0.39, 0.29) is 24.2 Å². The minimum Gasteiger partial charge on any atom is -0.481 e. The van der Waals surface area contributed by atoms with Crippen molar-refractivity contribution < 1.29 is 24.5 Å². The van der Waals surface area contributed by atoms with Gasteiger partial charge in [0.25, 0.3) is 0 Å². The summed E-state index contributed by atoms with van der Waals surface area (Å²) in [7, 11) is 0. The average molecular weight is 230 g/mol. The molecule has 0 radical (unpaired) electrons. The Labute approximate surface area is 94.4 Å². The van der Waals surface area contributed by atoms with Crippen molar-refractivity contribution in [3.8, 4) is 0 Å². The molecule has 0 aliphatic carbocycles. The van der Waals surface area contributed by atoms with Crippen LogP contribution in [-0.2, 0) is 14.3 Å². The molecule has 5 nitrogen and oxygen atoms in total. The predicted octanol–water partition coefficient (Wildman–Crippen LogP) is 1.37. The Morgan fingerprint density at radius 1 is 1.19 bits per heavy atom. The molecule has 0 spiro atoms. The smallest absolute Gasteiger partial charge is 0.303 e. The molecule has 1 saturated heterocycles. The molecule has 0 unspecified atom stereocenters. The maximum atomic E-state index is 10.8. The average Bonchev–Trinajstić information content (AvgIpc) is 2.16. The summed E-state index contributed by atoms with van der Waals surface area (Å²) in [6, 6.07) is 0. The monoisotopic (exact) mass is 230 g/mol. The van der Waals surface area contributed by atoms with Gasteiger partial charge in [0.05, 0.1) is 0 Å². The van der Waals surface area contributed by atoms with Crippen LogP contribution in [0.15, 0.2) is 0 Å². The van der Waals surface area contributed by atoms with Gasteiger partial charge >= 0.3 is 11.9 Å². The van der Waals surface area contributed by atoms with Crippen molar-refractivity contribution in [3.63, 3.8) is 0 Å². The fraction of sp³-hybridized carbons (Fsp3) is 0.818. The second-order valence-corrected chi connectivity index (χ2v) is 4.66. The van der Waals surface area contributed by atoms with Crippen LogP contribution in [-0.4, -0.2) is 35.4 Å². The minimum absolute atomic E-state index is 0.0806. The lowest BCUT2D eigenvalue weighted by molar-refractivity contribution is -0.144. The predicted molar refractivity (Wildman–Crippen MR) is 56.2 cm³/mol. The Morgan fingerprint density at radius 2 is 1.62 bits per heavy atom. The number of aliphatic carboxylic acids is 2. The number of carboxylic acids is 2. The Balaban J connectivity index is 2.72. The van der Waals surface area contributed by atoms with Crippen molar-refractivity contribution in [1.29, 1.82) is 0 Å². The lowest BCUT2D eigenvalue weighted by Gasteiger charge is -2.39. The molecule has 0 aromatic rings. The number of ether oxygens (including phenoxy) is 1. The van der Waals surface area contributed by atoms with E-state index in [9.17, 15) is 9.59 Å². The molecule has 0 amide bonds. The van der Waals surface area contributed by atoms with Gasteiger partial charge in [-0.2, -0.15) is 0 Å². The molecule has 92 valence electrons. The standard InChI is InChI=1S/C11H18O5/c1-11(2-4-16-5-3-11)8(6-9(12)13)7-10(14)15/h8H,2-7H2,1H3,(H,12,13)(H,14,15). The zero-order chi connectivity index (χ0) is 12.2. The molecule has 1 aliphatic rings. The van der Waals surface area contributed by atoms with E-state index in [0.717, 1.165) is 12.8 Å². The molecular formula is C11H18O5. The van der Waals surface area contributed by atoms with E-state index in [2.05, 4.69) is 0 Å². The molecule has 0 aromatic carbocycles. The Hall–Kier alpha value is -1.10. The van der Waals surface area contributed by atoms with E-state index >= 15 is 0 Å². The van der Waals surface area contributed by atoms with E-state index < -0.39 is 11.9 Å². The first-order valence-electron chi connectivity index (χ1n) is 5.45. The SMILES string of the molecule is CC1(C(CC(=O)O)CC(=O)O)CCOCC1. The highest BCUT2D eigenvalue weighted by molar-refractivity contribution is 5.71. The number of hydrogen-bond donors (Lipinski definition) is 2. The maximum Gasteiger partial charge on any atom is 0.303 e. The third-order valence-corrected chi connectivity index (χ3v) is 3.46. The molecule has 0 bridgehead atoms. The van der Waals surface area contributed by atoms with E-state index in [1.54, 1.807) is 0 Å². The first-order valence-corrected chi connectivity index (χ1v) is 5.45. The van der Waals surface area contributed by atoms with Crippen molar-refractivity contribution in [2.75, 3.05) is 13.2 Å². The van der Waals surface area contributed by atoms with Gasteiger partial charge in [-0.3, -0.25) is 9.59 Å². The normalized spacial score (nSPS) is 19.6. The van der Waals surface area contributed by atoms with Crippen LogP contribution in [0.4, 0.5) is 0 Å². The lowest BCUT2D eigenvalue weighted by Crippen LogP contribution is -2.36. The molecule has 16 heavy (non-hydrogen) atoms. The molecule has 0 saturated carbocycles. The summed E-state index contributed by atoms with van der Waals surface area (Å²) in [5, 5.41) is 17.6. The second-order valence-electron chi connectivity index (χ2n) is 4.66. The zero-order valence-corrected chi connectivity index (χ0v) is 9.44. The van der Waals surface area contributed by atoms with E-state index in [4.69, 9.17) is 14.9 Å². The third kappa shape index (κ3) is 3.48. The fourth-order valence-electron chi connectivity index (χ4n) is 2.23. The molecule has 0 atom stereocenters. The molecule has 5 heteroatoms. The molecule has 1 aliphatic heterocycles. The molecular weight excluding hydrogens is 212 g/mol. The highest BCUT2D eigenvalue weighted by Crippen LogP contribution is 2.41. The van der Waals surface area contributed by atoms with Gasteiger partial charge in [0.15, 0.2) is 0 Å². The first kappa shape index (κ1) is 13.0. The van der Waals surface area contributed by atoms with Crippen LogP contribution in [0, 0.1) is 11.3 Å². The summed E-state index contributed by atoms with van der Waals surface area (Å²) in [4.78, 5) is 21.5. The van der Waals surface area contributed by atoms with Gasteiger partial charge in [0.1, 0.15) is 0 Å². The van der Waals surface area contributed by atoms with Crippen molar-refractivity contribution in [2.24, 2.45) is 11.3 Å². The molecule has 1 rings (SSSR count). The van der Waals surface area contributed by atoms with E-state index in [1.165, 1.54) is 0 Å². The van der Waals surface area contributed by atoms with Crippen molar-refractivity contribution in [1.82, 2.24) is 0 Å². The topological polar surface area (TPSA) is 83.8 Å². The van der Waals surface area contributed by atoms with Crippen LogP contribution >= 0.6 is 0 Å². The molecule has 2 N–H and O–H groups in total. The summed E-state index contributed by atoms with van der Waals surface area (Å²) in [5.74, 6) is -2.18. The van der Waals surface area contributed by atoms with Crippen LogP contribution in [0.1, 0.15) is 32.6 Å². The van der Waals surface area contributed by atoms with Gasteiger partial charge in [-0.1, -0.05) is 6.92 Å². The van der Waals surface area contributed by atoms with Crippen LogP contribution in [0.3, 0.4) is 0 Å². The Kier molecular flexibility index (Phi) is 4.29. The zero-order valence-electron chi connectivity index (χ0n) is 9.44. The van der Waals surface area contributed by atoms with Gasteiger partial charge in [-0.25, -0.2) is 0 Å². The second kappa shape index (κ2) is 5.30. The van der Waals surface area contributed by atoms with Gasteiger partial charge in [0, 0.05) is 26.1 Å². The van der Waals surface area contributed by atoms with E-state index in [1.807, 2.05) is 6.92 Å². The summed E-state index contributed by atoms with van der Waals surface area (Å²) in [6.07, 6.45) is 1.31. The first-order chi connectivity index (χ1) is 7.44. The van der Waals surface area contributed by atoms with E-state index in [0.29, 0.717) is 13.2 Å². The lowest BCUT2D eigenvalue weighted by atomic mass is 9.69. The highest BCUT2D eigenvalue weighted by Gasteiger charge is 2.38. The highest BCUT2D eigenvalue weighted by atomic mass is 16.5. The molecule has 0 aromatic heterocycles. The number of carboxylic acid groups (broad SMARTS) is 2. The minimum atomic E-state index is -0.932. The van der Waals surface area contributed by atoms with Crippen molar-refractivity contribution in [2.45, 2.75) is 32.6 Å². The van der Waals surface area contributed by atoms with Gasteiger partial charge in [-0.05, 0) is 24.2 Å². The summed E-state index contributed by atoms with van der Waals surface area (Å²) >= 11 is 0. The van der Waals surface area contributed by atoms with Gasteiger partial charge < -0.3 is 14.9 Å². The number of hydrogen-bond acceptors (Lipinski definition) is 3. The van der Waals surface area contributed by atoms with Gasteiger partial charge in [-0.15, -0.1) is 0 Å². The fourth-order valence-corrected chi connectivity index (χ4v) is 2.23. The third-order valence-electron chi connectivity index (χ3n) is 3.46. The van der Waals surface area contributed by atoms with Crippen LogP contribution in [0.2, 0.25) is 0 Å². The number of carbonyl (C=O) groups is 2. The van der Waals surface area contributed by atoms with Crippen LogP contribution in [0.5, 0.6) is 0 Å². The number of rotatable bonds is 5.